The highest BCUT2D eigenvalue weighted by molar-refractivity contribution is 5.78. The number of aromatic nitrogens is 2. The van der Waals surface area contributed by atoms with Crippen LogP contribution in [0.25, 0.3) is 11.0 Å². The average molecular weight is 235 g/mol. The molecule has 0 saturated carbocycles. The largest absolute Gasteiger partial charge is 0.469 e. The minimum atomic E-state index is -0.256. The number of nitrogens with one attached hydrogen (secondary N) is 3. The molecule has 1 heterocycles. The second-order valence-corrected chi connectivity index (χ2v) is 3.59. The Morgan fingerprint density at radius 1 is 1.35 bits per heavy atom. The van der Waals surface area contributed by atoms with Gasteiger partial charge in [-0.15, -0.1) is 0 Å². The van der Waals surface area contributed by atoms with Gasteiger partial charge in [0.25, 0.3) is 0 Å². The van der Waals surface area contributed by atoms with E-state index in [4.69, 9.17) is 0 Å². The molecule has 0 aliphatic rings. The van der Waals surface area contributed by atoms with Crippen LogP contribution in [0.4, 0.5) is 5.69 Å². The minimum Gasteiger partial charge on any atom is -0.469 e. The summed E-state index contributed by atoms with van der Waals surface area (Å²) in [6.45, 7) is 0.493. The van der Waals surface area contributed by atoms with Crippen LogP contribution in [0.15, 0.2) is 23.0 Å². The molecule has 90 valence electrons. The molecule has 0 atom stereocenters. The second-order valence-electron chi connectivity index (χ2n) is 3.59. The predicted octanol–water partition coefficient (Wildman–Crippen LogP) is 0.831. The summed E-state index contributed by atoms with van der Waals surface area (Å²) in [5, 5.41) is 3.07. The van der Waals surface area contributed by atoms with Crippen molar-refractivity contribution >= 4 is 22.7 Å². The Balaban J connectivity index is 2.04. The Morgan fingerprint density at radius 3 is 2.88 bits per heavy atom. The zero-order chi connectivity index (χ0) is 12.3. The van der Waals surface area contributed by atoms with Crippen LogP contribution in [-0.4, -0.2) is 29.6 Å². The van der Waals surface area contributed by atoms with Gasteiger partial charge in [-0.3, -0.25) is 4.79 Å². The molecular weight excluding hydrogens is 222 g/mol. The summed E-state index contributed by atoms with van der Waals surface area (Å²) in [5.41, 5.74) is 2.11. The quantitative estimate of drug-likeness (QED) is 0.685. The maximum atomic E-state index is 11.0. The number of benzene rings is 1. The molecule has 0 spiro atoms. The lowest BCUT2D eigenvalue weighted by molar-refractivity contribution is -0.140. The van der Waals surface area contributed by atoms with Gasteiger partial charge in [0.05, 0.1) is 24.6 Å². The summed E-state index contributed by atoms with van der Waals surface area (Å²) < 4.78 is 4.53. The number of carbonyl (C=O) groups is 1. The molecule has 0 unspecified atom stereocenters. The topological polar surface area (TPSA) is 87.0 Å². The smallest absolute Gasteiger partial charge is 0.323 e. The van der Waals surface area contributed by atoms with Crippen LogP contribution in [-0.2, 0) is 9.53 Å². The summed E-state index contributed by atoms with van der Waals surface area (Å²) in [7, 11) is 1.36. The van der Waals surface area contributed by atoms with E-state index in [0.717, 1.165) is 16.7 Å². The van der Waals surface area contributed by atoms with Crippen molar-refractivity contribution in [2.24, 2.45) is 0 Å². The zero-order valence-corrected chi connectivity index (χ0v) is 9.37. The van der Waals surface area contributed by atoms with Gasteiger partial charge in [-0.1, -0.05) is 0 Å². The maximum absolute atomic E-state index is 11.0. The molecule has 1 aromatic carbocycles. The standard InChI is InChI=1S/C11H13N3O3/c1-17-10(15)4-5-12-7-2-3-8-9(6-7)14-11(16)13-8/h2-3,6,12H,4-5H2,1H3,(H2,13,14,16). The summed E-state index contributed by atoms with van der Waals surface area (Å²) >= 11 is 0. The summed E-state index contributed by atoms with van der Waals surface area (Å²) in [6.07, 6.45) is 0.304. The highest BCUT2D eigenvalue weighted by atomic mass is 16.5. The van der Waals surface area contributed by atoms with Gasteiger partial charge < -0.3 is 20.0 Å². The fourth-order valence-electron chi connectivity index (χ4n) is 1.55. The van der Waals surface area contributed by atoms with Crippen molar-refractivity contribution in [3.05, 3.63) is 28.7 Å². The Labute approximate surface area is 97.0 Å². The lowest BCUT2D eigenvalue weighted by Crippen LogP contribution is -2.09. The second kappa shape index (κ2) is 4.73. The van der Waals surface area contributed by atoms with Gasteiger partial charge in [-0.25, -0.2) is 4.79 Å². The van der Waals surface area contributed by atoms with Crippen LogP contribution in [0.5, 0.6) is 0 Å². The zero-order valence-electron chi connectivity index (χ0n) is 9.37. The number of esters is 1. The van der Waals surface area contributed by atoms with E-state index in [1.54, 1.807) is 6.07 Å². The van der Waals surface area contributed by atoms with Crippen LogP contribution < -0.4 is 11.0 Å². The molecule has 6 heteroatoms. The highest BCUT2D eigenvalue weighted by Gasteiger charge is 2.01. The molecule has 1 aromatic heterocycles. The molecule has 0 saturated heterocycles. The minimum absolute atomic E-state index is 0.230. The van der Waals surface area contributed by atoms with Gasteiger partial charge in [0.1, 0.15) is 0 Å². The van der Waals surface area contributed by atoms with Gasteiger partial charge in [0, 0.05) is 12.2 Å². The monoisotopic (exact) mass is 235 g/mol. The van der Waals surface area contributed by atoms with Gasteiger partial charge in [-0.2, -0.15) is 0 Å². The number of carbonyl (C=O) groups excluding carboxylic acids is 1. The number of rotatable bonds is 4. The molecule has 0 fully saturated rings. The first-order chi connectivity index (χ1) is 8.19. The maximum Gasteiger partial charge on any atom is 0.323 e. The first-order valence-electron chi connectivity index (χ1n) is 5.22. The van der Waals surface area contributed by atoms with Crippen LogP contribution >= 0.6 is 0 Å². The van der Waals surface area contributed by atoms with E-state index >= 15 is 0 Å². The molecule has 0 amide bonds. The van der Waals surface area contributed by atoms with Gasteiger partial charge >= 0.3 is 11.7 Å². The molecule has 0 radical (unpaired) electrons. The number of anilines is 1. The molecule has 2 rings (SSSR count). The number of H-pyrrole nitrogens is 2. The van der Waals surface area contributed by atoms with Crippen molar-refractivity contribution in [2.75, 3.05) is 19.0 Å². The van der Waals surface area contributed by atoms with E-state index in [1.165, 1.54) is 7.11 Å². The first kappa shape index (κ1) is 11.3. The van der Waals surface area contributed by atoms with E-state index < -0.39 is 0 Å². The van der Waals surface area contributed by atoms with Crippen molar-refractivity contribution in [3.63, 3.8) is 0 Å². The number of imidazole rings is 1. The summed E-state index contributed by atoms with van der Waals surface area (Å²) in [5.74, 6) is -0.256. The van der Waals surface area contributed by atoms with Crippen molar-refractivity contribution in [2.45, 2.75) is 6.42 Å². The van der Waals surface area contributed by atoms with E-state index in [1.807, 2.05) is 12.1 Å². The number of hydrogen-bond acceptors (Lipinski definition) is 4. The highest BCUT2D eigenvalue weighted by Crippen LogP contribution is 2.14. The third kappa shape index (κ3) is 2.66. The van der Waals surface area contributed by atoms with Gasteiger partial charge in [0.2, 0.25) is 0 Å². The predicted molar refractivity (Wildman–Crippen MR) is 64.0 cm³/mol. The van der Waals surface area contributed by atoms with E-state index in [-0.39, 0.29) is 11.7 Å². The Hall–Kier alpha value is -2.24. The number of fused-ring (bicyclic) bond motifs is 1. The van der Waals surface area contributed by atoms with Crippen molar-refractivity contribution in [1.29, 1.82) is 0 Å². The molecule has 2 aromatic rings. The molecule has 17 heavy (non-hydrogen) atoms. The van der Waals surface area contributed by atoms with Crippen LogP contribution in [0.3, 0.4) is 0 Å². The fourth-order valence-corrected chi connectivity index (χ4v) is 1.55. The van der Waals surface area contributed by atoms with Crippen molar-refractivity contribution < 1.29 is 9.53 Å². The Bertz CT molecular complexity index is 585. The first-order valence-corrected chi connectivity index (χ1v) is 5.22. The van der Waals surface area contributed by atoms with Crippen LogP contribution in [0.1, 0.15) is 6.42 Å². The summed E-state index contributed by atoms with van der Waals surface area (Å²) in [4.78, 5) is 27.3. The Morgan fingerprint density at radius 2 is 2.12 bits per heavy atom. The lowest BCUT2D eigenvalue weighted by atomic mass is 10.2. The molecule has 3 N–H and O–H groups in total. The molecule has 0 aliphatic heterocycles. The molecule has 6 nitrogen and oxygen atoms in total. The Kier molecular flexibility index (Phi) is 3.13. The number of ether oxygens (including phenoxy) is 1. The van der Waals surface area contributed by atoms with Crippen molar-refractivity contribution in [3.8, 4) is 0 Å². The van der Waals surface area contributed by atoms with Gasteiger partial charge in [-0.05, 0) is 18.2 Å². The molecular formula is C11H13N3O3. The number of methoxy groups -OCH3 is 1. The van der Waals surface area contributed by atoms with Gasteiger partial charge in [0.15, 0.2) is 0 Å². The average Bonchev–Trinajstić information content (AvgIpc) is 2.68. The van der Waals surface area contributed by atoms with Crippen LogP contribution in [0.2, 0.25) is 0 Å². The third-order valence-corrected chi connectivity index (χ3v) is 2.40. The number of aromatic amines is 2. The van der Waals surface area contributed by atoms with E-state index in [2.05, 4.69) is 20.0 Å². The summed E-state index contributed by atoms with van der Waals surface area (Å²) in [6, 6.07) is 5.45. The fraction of sp³-hybridized carbons (Fsp3) is 0.273. The SMILES string of the molecule is COC(=O)CCNc1ccc2[nH]c(=O)[nH]c2c1. The molecule has 0 bridgehead atoms. The third-order valence-electron chi connectivity index (χ3n) is 2.40. The van der Waals surface area contributed by atoms with E-state index in [9.17, 15) is 9.59 Å². The van der Waals surface area contributed by atoms with Crippen molar-refractivity contribution in [1.82, 2.24) is 9.97 Å². The number of hydrogen-bond donors (Lipinski definition) is 3. The normalized spacial score (nSPS) is 10.4. The van der Waals surface area contributed by atoms with E-state index in [0.29, 0.717) is 13.0 Å². The lowest BCUT2D eigenvalue weighted by Gasteiger charge is -2.05. The van der Waals surface area contributed by atoms with Crippen LogP contribution in [0, 0.1) is 0 Å². The molecule has 0 aliphatic carbocycles.